The van der Waals surface area contributed by atoms with E-state index in [2.05, 4.69) is 10.7 Å². The first kappa shape index (κ1) is 25.1. The van der Waals surface area contributed by atoms with Crippen LogP contribution in [0.5, 0.6) is 11.5 Å². The van der Waals surface area contributed by atoms with Crippen molar-refractivity contribution in [3.63, 3.8) is 0 Å². The Bertz CT molecular complexity index is 1330. The van der Waals surface area contributed by atoms with E-state index in [-0.39, 0.29) is 28.7 Å². The smallest absolute Gasteiger partial charge is 0.282 e. The minimum atomic E-state index is -0.544. The van der Waals surface area contributed by atoms with Gasteiger partial charge in [0.25, 0.3) is 17.7 Å². The number of para-hydroxylation sites is 1. The maximum atomic E-state index is 12.9. The van der Waals surface area contributed by atoms with E-state index in [0.29, 0.717) is 28.6 Å². The van der Waals surface area contributed by atoms with E-state index >= 15 is 0 Å². The summed E-state index contributed by atoms with van der Waals surface area (Å²) in [5, 5.41) is 4.57. The molecule has 0 aliphatic carbocycles. The number of nitrogens with one attached hydrogen (secondary N) is 2. The molecular formula is C26H21Cl2N3O5. The van der Waals surface area contributed by atoms with Gasteiger partial charge in [0.05, 0.1) is 17.3 Å². The van der Waals surface area contributed by atoms with E-state index in [0.717, 1.165) is 0 Å². The Morgan fingerprint density at radius 2 is 1.75 bits per heavy atom. The van der Waals surface area contributed by atoms with Gasteiger partial charge in [0.15, 0.2) is 18.1 Å². The fourth-order valence-electron chi connectivity index (χ4n) is 3.43. The molecule has 3 amide bonds. The van der Waals surface area contributed by atoms with Crippen molar-refractivity contribution in [3.05, 3.63) is 87.9 Å². The summed E-state index contributed by atoms with van der Waals surface area (Å²) in [6, 6.07) is 18.5. The van der Waals surface area contributed by atoms with E-state index in [4.69, 9.17) is 32.7 Å². The highest BCUT2D eigenvalue weighted by atomic mass is 35.5. The lowest BCUT2D eigenvalue weighted by Gasteiger charge is -2.15. The second-order valence-electron chi connectivity index (χ2n) is 7.58. The highest BCUT2D eigenvalue weighted by Crippen LogP contribution is 2.37. The molecule has 0 spiro atoms. The molecule has 0 bridgehead atoms. The maximum Gasteiger partial charge on any atom is 0.282 e. The van der Waals surface area contributed by atoms with Gasteiger partial charge in [-0.15, -0.1) is 0 Å². The number of hydrazine groups is 1. The van der Waals surface area contributed by atoms with Crippen LogP contribution in [0.1, 0.15) is 12.5 Å². The van der Waals surface area contributed by atoms with Gasteiger partial charge in [-0.25, -0.2) is 5.01 Å². The molecule has 0 atom stereocenters. The summed E-state index contributed by atoms with van der Waals surface area (Å²) in [6.45, 7) is 1.75. The van der Waals surface area contributed by atoms with Crippen molar-refractivity contribution in [1.29, 1.82) is 0 Å². The molecule has 4 rings (SSSR count). The van der Waals surface area contributed by atoms with E-state index in [1.807, 2.05) is 6.07 Å². The number of rotatable bonds is 8. The monoisotopic (exact) mass is 525 g/mol. The number of anilines is 2. The van der Waals surface area contributed by atoms with Gasteiger partial charge in [-0.1, -0.05) is 41.4 Å². The molecule has 0 aromatic heterocycles. The Morgan fingerprint density at radius 1 is 1.03 bits per heavy atom. The van der Waals surface area contributed by atoms with E-state index in [1.165, 1.54) is 17.2 Å². The van der Waals surface area contributed by atoms with Gasteiger partial charge in [0.2, 0.25) is 0 Å². The second kappa shape index (κ2) is 11.2. The summed E-state index contributed by atoms with van der Waals surface area (Å²) in [5.41, 5.74) is 4.04. The quantitative estimate of drug-likeness (QED) is 0.323. The molecule has 1 aliphatic rings. The van der Waals surface area contributed by atoms with Gasteiger partial charge in [0, 0.05) is 10.7 Å². The van der Waals surface area contributed by atoms with Crippen LogP contribution in [0.2, 0.25) is 10.0 Å². The van der Waals surface area contributed by atoms with Crippen LogP contribution in [0.3, 0.4) is 0 Å². The van der Waals surface area contributed by atoms with Gasteiger partial charge in [-0.05, 0) is 67.1 Å². The number of hydrogen-bond acceptors (Lipinski definition) is 5. The molecule has 1 fully saturated rings. The minimum Gasteiger partial charge on any atom is -0.490 e. The number of hydrogen-bond donors (Lipinski definition) is 2. The Labute approximate surface area is 217 Å². The van der Waals surface area contributed by atoms with Crippen LogP contribution in [0, 0.1) is 0 Å². The fraction of sp³-hybridized carbons (Fsp3) is 0.115. The van der Waals surface area contributed by atoms with Crippen LogP contribution in [0.4, 0.5) is 11.4 Å². The lowest BCUT2D eigenvalue weighted by molar-refractivity contribution is -0.118. The third kappa shape index (κ3) is 5.79. The van der Waals surface area contributed by atoms with Crippen LogP contribution in [-0.2, 0) is 14.4 Å². The molecule has 8 nitrogen and oxygen atoms in total. The van der Waals surface area contributed by atoms with Gasteiger partial charge in [-0.2, -0.15) is 0 Å². The van der Waals surface area contributed by atoms with Gasteiger partial charge < -0.3 is 14.8 Å². The first-order valence-corrected chi connectivity index (χ1v) is 11.7. The molecule has 1 saturated heterocycles. The number of halogens is 2. The van der Waals surface area contributed by atoms with E-state index in [1.54, 1.807) is 61.5 Å². The average molecular weight is 526 g/mol. The lowest BCUT2D eigenvalue weighted by Crippen LogP contribution is -2.35. The SMILES string of the molecule is CCOc1cc(/C=C2/C(=O)NN(c3ccccc3)C2=O)cc(Cl)c1OCC(=O)Nc1ccc(Cl)cc1. The van der Waals surface area contributed by atoms with Crippen molar-refractivity contribution in [2.45, 2.75) is 6.92 Å². The summed E-state index contributed by atoms with van der Waals surface area (Å²) in [4.78, 5) is 37.7. The topological polar surface area (TPSA) is 97.0 Å². The predicted octanol–water partition coefficient (Wildman–Crippen LogP) is 4.87. The molecule has 36 heavy (non-hydrogen) atoms. The van der Waals surface area contributed by atoms with Gasteiger partial charge in [0.1, 0.15) is 5.57 Å². The van der Waals surface area contributed by atoms with Crippen molar-refractivity contribution in [1.82, 2.24) is 5.43 Å². The molecule has 0 unspecified atom stereocenters. The number of benzene rings is 3. The van der Waals surface area contributed by atoms with Crippen molar-refractivity contribution in [3.8, 4) is 11.5 Å². The van der Waals surface area contributed by atoms with Crippen molar-refractivity contribution >= 4 is 58.4 Å². The summed E-state index contributed by atoms with van der Waals surface area (Å²) >= 11 is 12.3. The number of amides is 3. The minimum absolute atomic E-state index is 0.0617. The van der Waals surface area contributed by atoms with Gasteiger partial charge >= 0.3 is 0 Å². The fourth-order valence-corrected chi connectivity index (χ4v) is 3.82. The first-order valence-electron chi connectivity index (χ1n) is 10.9. The van der Waals surface area contributed by atoms with Crippen LogP contribution < -0.4 is 25.2 Å². The van der Waals surface area contributed by atoms with E-state index < -0.39 is 17.7 Å². The van der Waals surface area contributed by atoms with Crippen LogP contribution in [0.15, 0.2) is 72.3 Å². The average Bonchev–Trinajstić information content (AvgIpc) is 3.14. The zero-order valence-electron chi connectivity index (χ0n) is 19.1. The maximum absolute atomic E-state index is 12.9. The largest absolute Gasteiger partial charge is 0.490 e. The highest BCUT2D eigenvalue weighted by molar-refractivity contribution is 6.33. The normalized spacial score (nSPS) is 14.1. The zero-order valence-corrected chi connectivity index (χ0v) is 20.6. The second-order valence-corrected chi connectivity index (χ2v) is 8.43. The van der Waals surface area contributed by atoms with Crippen LogP contribution >= 0.6 is 23.2 Å². The lowest BCUT2D eigenvalue weighted by atomic mass is 10.1. The first-order chi connectivity index (χ1) is 17.4. The number of nitrogens with zero attached hydrogens (tertiary/aromatic N) is 1. The molecular weight excluding hydrogens is 505 g/mol. The molecule has 2 N–H and O–H groups in total. The molecule has 0 saturated carbocycles. The molecule has 3 aromatic carbocycles. The Morgan fingerprint density at radius 3 is 2.44 bits per heavy atom. The van der Waals surface area contributed by atoms with Crippen LogP contribution in [-0.4, -0.2) is 30.9 Å². The molecule has 0 radical (unpaired) electrons. The molecule has 1 heterocycles. The molecule has 184 valence electrons. The summed E-state index contributed by atoms with van der Waals surface area (Å²) < 4.78 is 11.3. The number of carbonyl (C=O) groups is 3. The van der Waals surface area contributed by atoms with Crippen molar-refractivity contribution in [2.24, 2.45) is 0 Å². The molecule has 1 aliphatic heterocycles. The zero-order chi connectivity index (χ0) is 25.7. The number of carbonyl (C=O) groups excluding carboxylic acids is 3. The standard InChI is InChI=1S/C26H21Cl2N3O5/c1-2-35-22-14-16(12-20-25(33)30-31(26(20)34)19-6-4-3-5-7-19)13-21(28)24(22)36-15-23(32)29-18-10-8-17(27)9-11-18/h3-14H,2,15H2,1H3,(H,29,32)(H,30,33)/b20-12-. The Hall–Kier alpha value is -4.01. The third-order valence-corrected chi connectivity index (χ3v) is 5.56. The Kier molecular flexibility index (Phi) is 7.77. The van der Waals surface area contributed by atoms with E-state index in [9.17, 15) is 14.4 Å². The summed E-state index contributed by atoms with van der Waals surface area (Å²) in [6.07, 6.45) is 1.42. The van der Waals surface area contributed by atoms with Gasteiger partial charge in [-0.3, -0.25) is 19.8 Å². The summed E-state index contributed by atoms with van der Waals surface area (Å²) in [5.74, 6) is -1.02. The molecule has 10 heteroatoms. The summed E-state index contributed by atoms with van der Waals surface area (Å²) in [7, 11) is 0. The van der Waals surface area contributed by atoms with Crippen molar-refractivity contribution in [2.75, 3.05) is 23.5 Å². The van der Waals surface area contributed by atoms with Crippen LogP contribution in [0.25, 0.3) is 6.08 Å². The number of ether oxygens (including phenoxy) is 2. The predicted molar refractivity (Wildman–Crippen MR) is 138 cm³/mol. The Balaban J connectivity index is 1.52. The molecule has 3 aromatic rings. The third-order valence-electron chi connectivity index (χ3n) is 5.02. The van der Waals surface area contributed by atoms with Crippen molar-refractivity contribution < 1.29 is 23.9 Å². The highest BCUT2D eigenvalue weighted by Gasteiger charge is 2.34.